The van der Waals surface area contributed by atoms with E-state index in [1.165, 1.54) is 6.08 Å². The molecule has 0 radical (unpaired) electrons. The summed E-state index contributed by atoms with van der Waals surface area (Å²) in [7, 11) is 0. The Balaban J connectivity index is 2.96. The standard InChI is InChI=1S/C10H13N3O/c1-3-10(14)12-8-5-4-7(2)6-9(8)13-11/h3-6,13H,1,11H2,2H3,(H,12,14). The van der Waals surface area contributed by atoms with Crippen molar-refractivity contribution in [1.82, 2.24) is 0 Å². The number of anilines is 2. The smallest absolute Gasteiger partial charge is 0.247 e. The highest BCUT2D eigenvalue weighted by molar-refractivity contribution is 6.01. The topological polar surface area (TPSA) is 67.2 Å². The van der Waals surface area contributed by atoms with E-state index >= 15 is 0 Å². The van der Waals surface area contributed by atoms with Crippen LogP contribution in [0.2, 0.25) is 0 Å². The van der Waals surface area contributed by atoms with Gasteiger partial charge in [0, 0.05) is 0 Å². The van der Waals surface area contributed by atoms with Crippen LogP contribution in [-0.2, 0) is 4.79 Å². The van der Waals surface area contributed by atoms with Crippen molar-refractivity contribution in [1.29, 1.82) is 0 Å². The molecule has 0 saturated heterocycles. The minimum absolute atomic E-state index is 0.259. The van der Waals surface area contributed by atoms with Crippen LogP contribution in [0.3, 0.4) is 0 Å². The number of carbonyl (C=O) groups is 1. The number of hydrogen-bond donors (Lipinski definition) is 3. The van der Waals surface area contributed by atoms with Crippen LogP contribution in [0.4, 0.5) is 11.4 Å². The summed E-state index contributed by atoms with van der Waals surface area (Å²) in [6.07, 6.45) is 1.21. The molecule has 14 heavy (non-hydrogen) atoms. The first-order valence-electron chi connectivity index (χ1n) is 4.18. The molecule has 0 aromatic heterocycles. The summed E-state index contributed by atoms with van der Waals surface area (Å²) in [4.78, 5) is 11.0. The third-order valence-corrected chi connectivity index (χ3v) is 1.77. The van der Waals surface area contributed by atoms with Gasteiger partial charge in [-0.25, -0.2) is 0 Å². The van der Waals surface area contributed by atoms with Gasteiger partial charge >= 0.3 is 0 Å². The molecule has 4 heteroatoms. The number of hydrogen-bond acceptors (Lipinski definition) is 3. The molecule has 1 rings (SSSR count). The highest BCUT2D eigenvalue weighted by atomic mass is 16.1. The number of carbonyl (C=O) groups excluding carboxylic acids is 1. The van der Waals surface area contributed by atoms with Crippen molar-refractivity contribution in [3.05, 3.63) is 36.4 Å². The Hall–Kier alpha value is -1.81. The Bertz CT molecular complexity index is 360. The van der Waals surface area contributed by atoms with E-state index in [1.54, 1.807) is 6.07 Å². The van der Waals surface area contributed by atoms with Gasteiger partial charge in [-0.15, -0.1) is 0 Å². The number of rotatable bonds is 3. The molecule has 1 aromatic carbocycles. The number of nitrogen functional groups attached to an aromatic ring is 1. The Morgan fingerprint density at radius 3 is 2.79 bits per heavy atom. The second-order valence-corrected chi connectivity index (χ2v) is 2.89. The van der Waals surface area contributed by atoms with Crippen LogP contribution < -0.4 is 16.6 Å². The molecule has 0 aliphatic rings. The zero-order valence-electron chi connectivity index (χ0n) is 8.00. The fourth-order valence-corrected chi connectivity index (χ4v) is 1.07. The van der Waals surface area contributed by atoms with Crippen LogP contribution in [0.5, 0.6) is 0 Å². The number of nitrogens with two attached hydrogens (primary N) is 1. The van der Waals surface area contributed by atoms with Gasteiger partial charge in [0.15, 0.2) is 0 Å². The van der Waals surface area contributed by atoms with Gasteiger partial charge in [-0.05, 0) is 30.7 Å². The van der Waals surface area contributed by atoms with Gasteiger partial charge in [0.05, 0.1) is 11.4 Å². The number of amides is 1. The lowest BCUT2D eigenvalue weighted by Crippen LogP contribution is -2.13. The summed E-state index contributed by atoms with van der Waals surface area (Å²) in [6.45, 7) is 5.31. The third-order valence-electron chi connectivity index (χ3n) is 1.77. The van der Waals surface area contributed by atoms with E-state index in [1.807, 2.05) is 19.1 Å². The summed E-state index contributed by atoms with van der Waals surface area (Å²) in [6, 6.07) is 5.52. The zero-order valence-corrected chi connectivity index (χ0v) is 8.00. The second kappa shape index (κ2) is 4.43. The molecule has 0 atom stereocenters. The monoisotopic (exact) mass is 191 g/mol. The van der Waals surface area contributed by atoms with Gasteiger partial charge < -0.3 is 10.7 Å². The van der Waals surface area contributed by atoms with Crippen molar-refractivity contribution in [2.24, 2.45) is 5.84 Å². The van der Waals surface area contributed by atoms with Crippen molar-refractivity contribution in [3.63, 3.8) is 0 Å². The van der Waals surface area contributed by atoms with Gasteiger partial charge in [0.25, 0.3) is 0 Å². The predicted molar refractivity (Wildman–Crippen MR) is 57.8 cm³/mol. The van der Waals surface area contributed by atoms with Gasteiger partial charge in [-0.3, -0.25) is 10.6 Å². The van der Waals surface area contributed by atoms with Crippen LogP contribution in [0, 0.1) is 6.92 Å². The van der Waals surface area contributed by atoms with Crippen molar-refractivity contribution in [2.45, 2.75) is 6.92 Å². The first kappa shape index (κ1) is 10.3. The number of hydrazine groups is 1. The van der Waals surface area contributed by atoms with Crippen molar-refractivity contribution in [3.8, 4) is 0 Å². The summed E-state index contributed by atoms with van der Waals surface area (Å²) in [5.41, 5.74) is 4.90. The molecule has 0 saturated carbocycles. The Labute approximate surface area is 82.8 Å². The van der Waals surface area contributed by atoms with Crippen molar-refractivity contribution < 1.29 is 4.79 Å². The Kier molecular flexibility index (Phi) is 3.25. The first-order chi connectivity index (χ1) is 6.67. The van der Waals surface area contributed by atoms with E-state index in [2.05, 4.69) is 17.3 Å². The summed E-state index contributed by atoms with van der Waals surface area (Å²) < 4.78 is 0. The van der Waals surface area contributed by atoms with E-state index in [9.17, 15) is 4.79 Å². The summed E-state index contributed by atoms with van der Waals surface area (Å²) >= 11 is 0. The minimum Gasteiger partial charge on any atom is -0.322 e. The fraction of sp³-hybridized carbons (Fsp3) is 0.100. The van der Waals surface area contributed by atoms with Crippen molar-refractivity contribution in [2.75, 3.05) is 10.7 Å². The summed E-state index contributed by atoms with van der Waals surface area (Å²) in [5.74, 6) is 5.05. The third kappa shape index (κ3) is 2.34. The second-order valence-electron chi connectivity index (χ2n) is 2.89. The number of benzene rings is 1. The van der Waals surface area contributed by atoms with Crippen LogP contribution >= 0.6 is 0 Å². The largest absolute Gasteiger partial charge is 0.322 e. The quantitative estimate of drug-likeness (QED) is 0.384. The van der Waals surface area contributed by atoms with E-state index in [0.29, 0.717) is 11.4 Å². The molecule has 0 aliphatic carbocycles. The molecule has 4 nitrogen and oxygen atoms in total. The fourth-order valence-electron chi connectivity index (χ4n) is 1.07. The Morgan fingerprint density at radius 1 is 1.50 bits per heavy atom. The number of aryl methyl sites for hydroxylation is 1. The van der Waals surface area contributed by atoms with Crippen LogP contribution in [-0.4, -0.2) is 5.91 Å². The van der Waals surface area contributed by atoms with Gasteiger partial charge in [-0.1, -0.05) is 12.6 Å². The average Bonchev–Trinajstić information content (AvgIpc) is 2.20. The molecule has 0 fully saturated rings. The highest BCUT2D eigenvalue weighted by Crippen LogP contribution is 2.21. The zero-order chi connectivity index (χ0) is 10.6. The van der Waals surface area contributed by atoms with E-state index < -0.39 is 0 Å². The molecule has 0 spiro atoms. The molecular formula is C10H13N3O. The lowest BCUT2D eigenvalue weighted by atomic mass is 10.2. The van der Waals surface area contributed by atoms with E-state index in [4.69, 9.17) is 5.84 Å². The average molecular weight is 191 g/mol. The van der Waals surface area contributed by atoms with E-state index in [0.717, 1.165) is 5.56 Å². The van der Waals surface area contributed by atoms with Crippen molar-refractivity contribution >= 4 is 17.3 Å². The summed E-state index contributed by atoms with van der Waals surface area (Å²) in [5, 5.41) is 2.64. The molecule has 0 bridgehead atoms. The Morgan fingerprint density at radius 2 is 2.21 bits per heavy atom. The molecule has 74 valence electrons. The first-order valence-corrected chi connectivity index (χ1v) is 4.18. The normalized spacial score (nSPS) is 9.29. The molecular weight excluding hydrogens is 178 g/mol. The lowest BCUT2D eigenvalue weighted by Gasteiger charge is -2.09. The SMILES string of the molecule is C=CC(=O)Nc1ccc(C)cc1NN. The van der Waals surface area contributed by atoms with E-state index in [-0.39, 0.29) is 5.91 Å². The van der Waals surface area contributed by atoms with Gasteiger partial charge in [0.2, 0.25) is 5.91 Å². The molecule has 1 aromatic rings. The highest BCUT2D eigenvalue weighted by Gasteiger charge is 2.02. The molecule has 4 N–H and O–H groups in total. The maximum absolute atomic E-state index is 11.0. The molecule has 1 amide bonds. The minimum atomic E-state index is -0.259. The van der Waals surface area contributed by atoms with Crippen LogP contribution in [0.1, 0.15) is 5.56 Å². The maximum atomic E-state index is 11.0. The number of nitrogens with one attached hydrogen (secondary N) is 2. The lowest BCUT2D eigenvalue weighted by molar-refractivity contribution is -0.111. The van der Waals surface area contributed by atoms with Crippen LogP contribution in [0.25, 0.3) is 0 Å². The molecule has 0 heterocycles. The van der Waals surface area contributed by atoms with Gasteiger partial charge in [0.1, 0.15) is 0 Å². The maximum Gasteiger partial charge on any atom is 0.247 e. The molecule has 0 unspecified atom stereocenters. The molecule has 0 aliphatic heterocycles. The predicted octanol–water partition coefficient (Wildman–Crippen LogP) is 1.41. The van der Waals surface area contributed by atoms with Gasteiger partial charge in [-0.2, -0.15) is 0 Å². The van der Waals surface area contributed by atoms with Crippen LogP contribution in [0.15, 0.2) is 30.9 Å².